The molecular formula is C13H20N4O2. The molecule has 0 aromatic carbocycles. The Kier molecular flexibility index (Phi) is 3.79. The zero-order valence-electron chi connectivity index (χ0n) is 11.0. The van der Waals surface area contributed by atoms with E-state index in [2.05, 4.69) is 15.7 Å². The summed E-state index contributed by atoms with van der Waals surface area (Å²) in [7, 11) is 0. The van der Waals surface area contributed by atoms with Crippen LogP contribution < -0.4 is 10.6 Å². The number of rotatable bonds is 3. The number of nitrogens with one attached hydrogen (secondary N) is 2. The number of amides is 1. The van der Waals surface area contributed by atoms with Gasteiger partial charge in [0, 0.05) is 12.8 Å². The zero-order chi connectivity index (χ0) is 13.1. The maximum absolute atomic E-state index is 12.0. The van der Waals surface area contributed by atoms with Gasteiger partial charge < -0.3 is 15.4 Å². The van der Waals surface area contributed by atoms with E-state index in [4.69, 9.17) is 4.74 Å². The fourth-order valence-electron chi connectivity index (χ4n) is 2.66. The minimum atomic E-state index is -0.0118. The molecule has 2 fully saturated rings. The van der Waals surface area contributed by atoms with Crippen LogP contribution in [0.15, 0.2) is 12.4 Å². The smallest absolute Gasteiger partial charge is 0.229 e. The van der Waals surface area contributed by atoms with E-state index in [0.29, 0.717) is 19.3 Å². The lowest BCUT2D eigenvalue weighted by molar-refractivity contribution is -0.119. The van der Waals surface area contributed by atoms with Crippen molar-refractivity contribution in [3.05, 3.63) is 12.4 Å². The van der Waals surface area contributed by atoms with Crippen molar-refractivity contribution in [3.8, 4) is 0 Å². The second-order valence-corrected chi connectivity index (χ2v) is 5.24. The number of hydrogen-bond donors (Lipinski definition) is 2. The molecule has 0 saturated carbocycles. The largest absolute Gasteiger partial charge is 0.381 e. The van der Waals surface area contributed by atoms with E-state index in [0.717, 1.165) is 38.0 Å². The van der Waals surface area contributed by atoms with Gasteiger partial charge in [0.1, 0.15) is 0 Å². The van der Waals surface area contributed by atoms with Crippen molar-refractivity contribution in [2.45, 2.75) is 25.3 Å². The van der Waals surface area contributed by atoms with Gasteiger partial charge >= 0.3 is 0 Å². The minimum Gasteiger partial charge on any atom is -0.381 e. The first-order valence-electron chi connectivity index (χ1n) is 6.96. The van der Waals surface area contributed by atoms with E-state index < -0.39 is 0 Å². The second-order valence-electron chi connectivity index (χ2n) is 5.24. The second kappa shape index (κ2) is 5.71. The van der Waals surface area contributed by atoms with Crippen molar-refractivity contribution < 1.29 is 9.53 Å². The molecule has 1 aromatic heterocycles. The predicted molar refractivity (Wildman–Crippen MR) is 70.9 cm³/mol. The number of hydrogen-bond acceptors (Lipinski definition) is 4. The normalized spacial score (nSPS) is 24.5. The Morgan fingerprint density at radius 3 is 3.00 bits per heavy atom. The van der Waals surface area contributed by atoms with Crippen molar-refractivity contribution in [2.75, 3.05) is 31.6 Å². The molecule has 0 bridgehead atoms. The van der Waals surface area contributed by atoms with Gasteiger partial charge in [-0.3, -0.25) is 9.48 Å². The van der Waals surface area contributed by atoms with Gasteiger partial charge in [0.2, 0.25) is 5.91 Å². The molecule has 1 aromatic rings. The molecule has 6 heteroatoms. The zero-order valence-corrected chi connectivity index (χ0v) is 11.0. The van der Waals surface area contributed by atoms with Crippen LogP contribution in [-0.2, 0) is 9.53 Å². The number of aromatic nitrogens is 2. The molecule has 1 amide bonds. The SMILES string of the molecule is O=C(Nc1cnn(C2CCNCC2)c1)C1CCOC1. The van der Waals surface area contributed by atoms with Gasteiger partial charge in [-0.05, 0) is 32.4 Å². The highest BCUT2D eigenvalue weighted by molar-refractivity contribution is 5.92. The predicted octanol–water partition coefficient (Wildman–Crippen LogP) is 0.783. The van der Waals surface area contributed by atoms with Crippen LogP contribution >= 0.6 is 0 Å². The van der Waals surface area contributed by atoms with Gasteiger partial charge in [-0.1, -0.05) is 0 Å². The van der Waals surface area contributed by atoms with Crippen LogP contribution in [0.25, 0.3) is 0 Å². The molecular weight excluding hydrogens is 244 g/mol. The summed E-state index contributed by atoms with van der Waals surface area (Å²) in [6, 6.07) is 0.446. The maximum Gasteiger partial charge on any atom is 0.229 e. The fourth-order valence-corrected chi connectivity index (χ4v) is 2.66. The van der Waals surface area contributed by atoms with Crippen molar-refractivity contribution in [2.24, 2.45) is 5.92 Å². The van der Waals surface area contributed by atoms with Crippen LogP contribution in [-0.4, -0.2) is 42.0 Å². The molecule has 2 saturated heterocycles. The molecule has 0 spiro atoms. The number of ether oxygens (including phenoxy) is 1. The lowest BCUT2D eigenvalue weighted by Crippen LogP contribution is -2.29. The third kappa shape index (κ3) is 2.96. The van der Waals surface area contributed by atoms with Crippen molar-refractivity contribution in [1.82, 2.24) is 15.1 Å². The third-order valence-electron chi connectivity index (χ3n) is 3.85. The number of carbonyl (C=O) groups is 1. The van der Waals surface area contributed by atoms with Gasteiger partial charge in [-0.2, -0.15) is 5.10 Å². The Morgan fingerprint density at radius 2 is 2.26 bits per heavy atom. The van der Waals surface area contributed by atoms with Gasteiger partial charge in [0.15, 0.2) is 0 Å². The average Bonchev–Trinajstić information content (AvgIpc) is 3.11. The highest BCUT2D eigenvalue weighted by atomic mass is 16.5. The molecule has 1 atom stereocenters. The summed E-state index contributed by atoms with van der Waals surface area (Å²) in [5.74, 6) is 0.0320. The van der Waals surface area contributed by atoms with Crippen molar-refractivity contribution >= 4 is 11.6 Å². The van der Waals surface area contributed by atoms with Crippen molar-refractivity contribution in [3.63, 3.8) is 0 Å². The lowest BCUT2D eigenvalue weighted by atomic mass is 10.1. The van der Waals surface area contributed by atoms with Crippen LogP contribution in [0.2, 0.25) is 0 Å². The van der Waals surface area contributed by atoms with E-state index in [9.17, 15) is 4.79 Å². The molecule has 6 nitrogen and oxygen atoms in total. The first-order valence-corrected chi connectivity index (χ1v) is 6.96. The number of piperidine rings is 1. The monoisotopic (exact) mass is 264 g/mol. The van der Waals surface area contributed by atoms with Crippen LogP contribution in [0.3, 0.4) is 0 Å². The Labute approximate surface area is 112 Å². The Hall–Kier alpha value is -1.40. The summed E-state index contributed by atoms with van der Waals surface area (Å²) in [4.78, 5) is 12.0. The van der Waals surface area contributed by atoms with E-state index in [1.54, 1.807) is 6.20 Å². The van der Waals surface area contributed by atoms with E-state index in [1.165, 1.54) is 0 Å². The summed E-state index contributed by atoms with van der Waals surface area (Å²) < 4.78 is 7.20. The number of carbonyl (C=O) groups excluding carboxylic acids is 1. The van der Waals surface area contributed by atoms with E-state index >= 15 is 0 Å². The van der Waals surface area contributed by atoms with Gasteiger partial charge in [0.05, 0.1) is 30.5 Å². The molecule has 104 valence electrons. The van der Waals surface area contributed by atoms with Gasteiger partial charge in [-0.25, -0.2) is 0 Å². The number of anilines is 1. The van der Waals surface area contributed by atoms with Crippen molar-refractivity contribution in [1.29, 1.82) is 0 Å². The summed E-state index contributed by atoms with van der Waals surface area (Å²) in [5, 5.41) is 10.6. The van der Waals surface area contributed by atoms with Gasteiger partial charge in [0.25, 0.3) is 0 Å². The summed E-state index contributed by atoms with van der Waals surface area (Å²) in [5.41, 5.74) is 0.787. The average molecular weight is 264 g/mol. The molecule has 0 radical (unpaired) electrons. The maximum atomic E-state index is 12.0. The lowest BCUT2D eigenvalue weighted by Gasteiger charge is -2.22. The Morgan fingerprint density at radius 1 is 1.42 bits per heavy atom. The summed E-state index contributed by atoms with van der Waals surface area (Å²) in [6.45, 7) is 3.29. The van der Waals surface area contributed by atoms with Crippen LogP contribution in [0.1, 0.15) is 25.3 Å². The quantitative estimate of drug-likeness (QED) is 0.846. The van der Waals surface area contributed by atoms with Crippen LogP contribution in [0.5, 0.6) is 0 Å². The first kappa shape index (κ1) is 12.6. The molecule has 2 aliphatic rings. The molecule has 1 unspecified atom stereocenters. The highest BCUT2D eigenvalue weighted by Crippen LogP contribution is 2.20. The molecule has 2 aliphatic heterocycles. The van der Waals surface area contributed by atoms with E-state index in [1.807, 2.05) is 10.9 Å². The summed E-state index contributed by atoms with van der Waals surface area (Å²) in [6.07, 6.45) is 6.66. The molecule has 3 rings (SSSR count). The Bertz CT molecular complexity index is 434. The molecule has 2 N–H and O–H groups in total. The van der Waals surface area contributed by atoms with Crippen LogP contribution in [0, 0.1) is 5.92 Å². The topological polar surface area (TPSA) is 68.2 Å². The molecule has 0 aliphatic carbocycles. The van der Waals surface area contributed by atoms with E-state index in [-0.39, 0.29) is 11.8 Å². The highest BCUT2D eigenvalue weighted by Gasteiger charge is 2.24. The Balaban J connectivity index is 1.59. The van der Waals surface area contributed by atoms with Crippen LogP contribution in [0.4, 0.5) is 5.69 Å². The number of nitrogens with zero attached hydrogens (tertiary/aromatic N) is 2. The molecule has 3 heterocycles. The third-order valence-corrected chi connectivity index (χ3v) is 3.85. The minimum absolute atomic E-state index is 0.0118. The fraction of sp³-hybridized carbons (Fsp3) is 0.692. The van der Waals surface area contributed by atoms with Gasteiger partial charge in [-0.15, -0.1) is 0 Å². The molecule has 19 heavy (non-hydrogen) atoms. The first-order chi connectivity index (χ1) is 9.33. The standard InChI is InChI=1S/C13H20N4O2/c18-13(10-3-6-19-9-10)16-11-7-15-17(8-11)12-1-4-14-5-2-12/h7-8,10,12,14H,1-6,9H2,(H,16,18). The summed E-state index contributed by atoms with van der Waals surface area (Å²) >= 11 is 0.